The van der Waals surface area contributed by atoms with Crippen LogP contribution in [0.15, 0.2) is 42.5 Å². The molecule has 0 fully saturated rings. The van der Waals surface area contributed by atoms with Crippen molar-refractivity contribution in [2.45, 2.75) is 40.2 Å². The van der Waals surface area contributed by atoms with Gasteiger partial charge in [0.05, 0.1) is 29.7 Å². The van der Waals surface area contributed by atoms with Crippen LogP contribution in [0.3, 0.4) is 0 Å². The van der Waals surface area contributed by atoms with Crippen LogP contribution < -0.4 is 0 Å². The molecule has 3 rings (SSSR count). The molecule has 2 aromatic carbocycles. The highest BCUT2D eigenvalue weighted by molar-refractivity contribution is 6.11. The largest absolute Gasteiger partial charge is 0.465 e. The van der Waals surface area contributed by atoms with Crippen molar-refractivity contribution in [2.24, 2.45) is 5.92 Å². The van der Waals surface area contributed by atoms with E-state index in [1.54, 1.807) is 36.4 Å². The van der Waals surface area contributed by atoms with Gasteiger partial charge in [0, 0.05) is 34.2 Å². The summed E-state index contributed by atoms with van der Waals surface area (Å²) in [4.78, 5) is 36.4. The minimum atomic E-state index is -0.478. The maximum Gasteiger partial charge on any atom is 0.337 e. The Morgan fingerprint density at radius 1 is 1.16 bits per heavy atom. The number of methoxy groups -OCH3 is 1. The molecule has 31 heavy (non-hydrogen) atoms. The van der Waals surface area contributed by atoms with Crippen LogP contribution in [0.2, 0.25) is 0 Å². The molecular formula is C24H26N2O5. The lowest BCUT2D eigenvalue weighted by Gasteiger charge is -2.13. The molecular weight excluding hydrogens is 396 g/mol. The summed E-state index contributed by atoms with van der Waals surface area (Å²) in [6.45, 7) is 5.95. The number of ketones is 1. The van der Waals surface area contributed by atoms with E-state index >= 15 is 0 Å². The van der Waals surface area contributed by atoms with Crippen molar-refractivity contribution >= 4 is 28.3 Å². The van der Waals surface area contributed by atoms with Gasteiger partial charge in [0.15, 0.2) is 5.78 Å². The van der Waals surface area contributed by atoms with E-state index in [-0.39, 0.29) is 23.9 Å². The first-order chi connectivity index (χ1) is 14.8. The fourth-order valence-corrected chi connectivity index (χ4v) is 3.88. The number of carbonyl (C=O) groups excluding carboxylic acids is 2. The number of aromatic nitrogens is 1. The van der Waals surface area contributed by atoms with Gasteiger partial charge in [-0.25, -0.2) is 4.79 Å². The summed E-state index contributed by atoms with van der Waals surface area (Å²) >= 11 is 0. The van der Waals surface area contributed by atoms with E-state index in [0.29, 0.717) is 28.6 Å². The summed E-state index contributed by atoms with van der Waals surface area (Å²) < 4.78 is 6.79. The van der Waals surface area contributed by atoms with E-state index in [2.05, 4.69) is 0 Å². The number of nitro groups is 1. The molecule has 162 valence electrons. The summed E-state index contributed by atoms with van der Waals surface area (Å²) in [6, 6.07) is 11.7. The Kier molecular flexibility index (Phi) is 6.53. The van der Waals surface area contributed by atoms with Gasteiger partial charge >= 0.3 is 5.97 Å². The van der Waals surface area contributed by atoms with Crippen LogP contribution in [-0.2, 0) is 17.7 Å². The van der Waals surface area contributed by atoms with Gasteiger partial charge in [0.25, 0.3) is 5.69 Å². The number of hydrogen-bond acceptors (Lipinski definition) is 5. The maximum absolute atomic E-state index is 13.2. The lowest BCUT2D eigenvalue weighted by Crippen LogP contribution is -2.13. The molecule has 0 atom stereocenters. The molecule has 0 saturated heterocycles. The van der Waals surface area contributed by atoms with Gasteiger partial charge < -0.3 is 9.30 Å². The van der Waals surface area contributed by atoms with Gasteiger partial charge in [-0.3, -0.25) is 14.9 Å². The molecule has 3 aromatic rings. The third-order valence-corrected chi connectivity index (χ3v) is 5.37. The molecule has 0 unspecified atom stereocenters. The first kappa shape index (κ1) is 22.2. The van der Waals surface area contributed by atoms with Gasteiger partial charge in [-0.2, -0.15) is 0 Å². The smallest absolute Gasteiger partial charge is 0.337 e. The van der Waals surface area contributed by atoms with E-state index in [1.165, 1.54) is 13.2 Å². The summed E-state index contributed by atoms with van der Waals surface area (Å²) in [5, 5.41) is 12.3. The molecule has 1 heterocycles. The predicted molar refractivity (Wildman–Crippen MR) is 119 cm³/mol. The molecule has 0 spiro atoms. The Hall–Kier alpha value is -3.48. The highest BCUT2D eigenvalue weighted by Gasteiger charge is 2.26. The number of carbonyl (C=O) groups is 2. The van der Waals surface area contributed by atoms with Gasteiger partial charge in [0.1, 0.15) is 0 Å². The topological polar surface area (TPSA) is 91.4 Å². The fraction of sp³-hybridized carbons (Fsp3) is 0.333. The molecule has 0 saturated carbocycles. The number of Topliss-reactive ketones (excluding diaryl/α,β-unsaturated/α-hetero) is 1. The van der Waals surface area contributed by atoms with Crippen LogP contribution in [0.5, 0.6) is 0 Å². The first-order valence-electron chi connectivity index (χ1n) is 10.3. The van der Waals surface area contributed by atoms with Gasteiger partial charge in [-0.05, 0) is 18.6 Å². The second kappa shape index (κ2) is 9.12. The fourth-order valence-electron chi connectivity index (χ4n) is 3.88. The van der Waals surface area contributed by atoms with Crippen LogP contribution in [0.25, 0.3) is 10.9 Å². The van der Waals surface area contributed by atoms with Gasteiger partial charge in [-0.15, -0.1) is 0 Å². The van der Waals surface area contributed by atoms with Gasteiger partial charge in [0.2, 0.25) is 0 Å². The third-order valence-electron chi connectivity index (χ3n) is 5.37. The quantitative estimate of drug-likeness (QED) is 0.216. The predicted octanol–water partition coefficient (Wildman–Crippen LogP) is 5.18. The van der Waals surface area contributed by atoms with Crippen molar-refractivity contribution in [1.29, 1.82) is 0 Å². The zero-order chi connectivity index (χ0) is 22.7. The number of esters is 1. The van der Waals surface area contributed by atoms with Crippen molar-refractivity contribution in [3.63, 3.8) is 0 Å². The number of benzene rings is 2. The molecule has 0 aliphatic heterocycles. The second-order valence-corrected chi connectivity index (χ2v) is 7.79. The Morgan fingerprint density at radius 2 is 1.87 bits per heavy atom. The Bertz CT molecular complexity index is 1160. The minimum absolute atomic E-state index is 0.0144. The summed E-state index contributed by atoms with van der Waals surface area (Å²) in [5.74, 6) is -0.671. The van der Waals surface area contributed by atoms with E-state index in [9.17, 15) is 19.7 Å². The van der Waals surface area contributed by atoms with E-state index < -0.39 is 10.9 Å². The normalized spacial score (nSPS) is 11.1. The van der Waals surface area contributed by atoms with Gasteiger partial charge in [-0.1, -0.05) is 51.5 Å². The average molecular weight is 422 g/mol. The second-order valence-electron chi connectivity index (χ2n) is 7.79. The number of rotatable bonds is 8. The summed E-state index contributed by atoms with van der Waals surface area (Å²) in [7, 11) is 1.31. The average Bonchev–Trinajstić information content (AvgIpc) is 3.05. The lowest BCUT2D eigenvalue weighted by molar-refractivity contribution is -0.385. The van der Waals surface area contributed by atoms with Crippen molar-refractivity contribution in [3.8, 4) is 0 Å². The molecule has 0 aliphatic rings. The molecule has 7 heteroatoms. The van der Waals surface area contributed by atoms with Crippen molar-refractivity contribution in [2.75, 3.05) is 7.11 Å². The third kappa shape index (κ3) is 4.21. The molecule has 0 aliphatic carbocycles. The SMILES string of the molecule is CCCc1c(C(=O)C(C)C)c2ccc(C(=O)OC)cc2n1Cc1ccccc1[N+](=O)[O-]. The first-order valence-corrected chi connectivity index (χ1v) is 10.3. The van der Waals surface area contributed by atoms with E-state index in [4.69, 9.17) is 4.74 Å². The van der Waals surface area contributed by atoms with Crippen LogP contribution >= 0.6 is 0 Å². The van der Waals surface area contributed by atoms with E-state index in [0.717, 1.165) is 17.5 Å². The monoisotopic (exact) mass is 422 g/mol. The number of fused-ring (bicyclic) bond motifs is 1. The Balaban J connectivity index is 2.33. The number of nitrogens with zero attached hydrogens (tertiary/aromatic N) is 2. The van der Waals surface area contributed by atoms with Crippen molar-refractivity contribution < 1.29 is 19.2 Å². The lowest BCUT2D eigenvalue weighted by atomic mass is 9.96. The van der Waals surface area contributed by atoms with Crippen LogP contribution in [0.1, 0.15) is 59.2 Å². The highest BCUT2D eigenvalue weighted by atomic mass is 16.6. The minimum Gasteiger partial charge on any atom is -0.465 e. The molecule has 1 aromatic heterocycles. The van der Waals surface area contributed by atoms with Crippen molar-refractivity contribution in [1.82, 2.24) is 4.57 Å². The highest BCUT2D eigenvalue weighted by Crippen LogP contribution is 2.32. The Morgan fingerprint density at radius 3 is 2.48 bits per heavy atom. The molecule has 7 nitrogen and oxygen atoms in total. The van der Waals surface area contributed by atoms with E-state index in [1.807, 2.05) is 25.3 Å². The number of hydrogen-bond donors (Lipinski definition) is 0. The number of nitro benzene ring substituents is 1. The molecule has 0 radical (unpaired) electrons. The molecule has 0 N–H and O–H groups in total. The zero-order valence-corrected chi connectivity index (χ0v) is 18.2. The molecule has 0 amide bonds. The zero-order valence-electron chi connectivity index (χ0n) is 18.2. The van der Waals surface area contributed by atoms with Crippen molar-refractivity contribution in [3.05, 3.63) is 75.0 Å². The molecule has 0 bridgehead atoms. The summed E-state index contributed by atoms with van der Waals surface area (Å²) in [5.41, 5.74) is 3.07. The number of ether oxygens (including phenoxy) is 1. The Labute approximate surface area is 180 Å². The van der Waals surface area contributed by atoms with Crippen LogP contribution in [-0.4, -0.2) is 28.4 Å². The maximum atomic E-state index is 13.2. The standard InChI is InChI=1S/C24H26N2O5/c1-5-8-20-22(23(27)15(2)3)18-12-11-16(24(28)31-4)13-21(18)25(20)14-17-9-6-7-10-19(17)26(29)30/h6-7,9-13,15H,5,8,14H2,1-4H3. The number of para-hydroxylation sites is 1. The summed E-state index contributed by atoms with van der Waals surface area (Å²) in [6.07, 6.45) is 1.44. The van der Waals surface area contributed by atoms with Crippen LogP contribution in [0, 0.1) is 16.0 Å². The van der Waals surface area contributed by atoms with Crippen LogP contribution in [0.4, 0.5) is 5.69 Å².